The van der Waals surface area contributed by atoms with Crippen molar-refractivity contribution < 1.29 is 19.1 Å². The molecular weight excluding hydrogens is 448 g/mol. The Kier molecular flexibility index (Phi) is 6.21. The Morgan fingerprint density at radius 3 is 2.62 bits per heavy atom. The van der Waals surface area contributed by atoms with Crippen molar-refractivity contribution in [2.45, 2.75) is 13.3 Å². The predicted octanol–water partition coefficient (Wildman–Crippen LogP) is 6.09. The van der Waals surface area contributed by atoms with Gasteiger partial charge in [0, 0.05) is 18.7 Å². The molecule has 2 aromatic carbocycles. The molecule has 1 fully saturated rings. The predicted molar refractivity (Wildman–Crippen MR) is 127 cm³/mol. The van der Waals surface area contributed by atoms with Gasteiger partial charge in [-0.15, -0.1) is 0 Å². The molecule has 1 amide bonds. The second kappa shape index (κ2) is 9.06. The number of aliphatic imine (C=N–C) groups is 1. The average Bonchev–Trinajstić information content (AvgIpc) is 3.35. The zero-order valence-electron chi connectivity index (χ0n) is 17.3. The molecule has 0 bridgehead atoms. The lowest BCUT2D eigenvalue weighted by Gasteiger charge is -2.07. The summed E-state index contributed by atoms with van der Waals surface area (Å²) in [6.45, 7) is 2.09. The van der Waals surface area contributed by atoms with Gasteiger partial charge in [0.15, 0.2) is 5.17 Å². The van der Waals surface area contributed by atoms with Gasteiger partial charge in [-0.25, -0.2) is 9.79 Å². The first-order chi connectivity index (χ1) is 15.4. The Bertz CT molecular complexity index is 1260. The smallest absolute Gasteiger partial charge is 0.337 e. The van der Waals surface area contributed by atoms with E-state index in [4.69, 9.17) is 16.0 Å². The summed E-state index contributed by atoms with van der Waals surface area (Å²) >= 11 is 7.21. The van der Waals surface area contributed by atoms with Crippen LogP contribution in [0.15, 0.2) is 68.9 Å². The number of carbonyl (C=O) groups is 2. The van der Waals surface area contributed by atoms with Crippen molar-refractivity contribution in [3.05, 3.63) is 81.4 Å². The molecule has 2 heterocycles. The third-order valence-corrected chi connectivity index (χ3v) is 6.34. The number of hydrogen-bond acceptors (Lipinski definition) is 5. The van der Waals surface area contributed by atoms with E-state index >= 15 is 0 Å². The molecular formula is C24H19ClN2O4S. The zero-order valence-corrected chi connectivity index (χ0v) is 18.9. The van der Waals surface area contributed by atoms with Crippen LogP contribution in [0.5, 0.6) is 0 Å². The highest BCUT2D eigenvalue weighted by atomic mass is 35.5. The number of carboxylic acids is 1. The number of aromatic carboxylic acids is 1. The molecule has 162 valence electrons. The van der Waals surface area contributed by atoms with E-state index in [1.807, 2.05) is 24.3 Å². The minimum atomic E-state index is -1.11. The van der Waals surface area contributed by atoms with Crippen molar-refractivity contribution in [3.8, 4) is 11.3 Å². The van der Waals surface area contributed by atoms with Crippen LogP contribution in [-0.4, -0.2) is 34.1 Å². The average molecular weight is 467 g/mol. The molecule has 1 N–H and O–H groups in total. The summed E-state index contributed by atoms with van der Waals surface area (Å²) in [5, 5.41) is 10.0. The highest BCUT2D eigenvalue weighted by Gasteiger charge is 2.30. The lowest BCUT2D eigenvalue weighted by Crippen LogP contribution is -2.23. The molecule has 0 radical (unpaired) electrons. The van der Waals surface area contributed by atoms with Crippen molar-refractivity contribution in [2.75, 3.05) is 7.05 Å². The minimum Gasteiger partial charge on any atom is -0.478 e. The zero-order chi connectivity index (χ0) is 22.8. The molecule has 0 saturated carbocycles. The first-order valence-electron chi connectivity index (χ1n) is 9.84. The number of carboxylic acid groups (broad SMARTS) is 1. The van der Waals surface area contributed by atoms with Gasteiger partial charge < -0.3 is 9.52 Å². The highest BCUT2D eigenvalue weighted by Crippen LogP contribution is 2.34. The number of benzene rings is 2. The van der Waals surface area contributed by atoms with E-state index in [0.717, 1.165) is 12.1 Å². The number of furan rings is 1. The molecule has 3 aromatic rings. The van der Waals surface area contributed by atoms with Gasteiger partial charge in [0.25, 0.3) is 5.91 Å². The first-order valence-corrected chi connectivity index (χ1v) is 11.0. The number of hydrogen-bond donors (Lipinski definition) is 1. The van der Waals surface area contributed by atoms with E-state index in [1.165, 1.54) is 34.4 Å². The Morgan fingerprint density at radius 1 is 1.19 bits per heavy atom. The van der Waals surface area contributed by atoms with Crippen molar-refractivity contribution in [1.82, 2.24) is 4.90 Å². The molecule has 1 aromatic heterocycles. The van der Waals surface area contributed by atoms with Gasteiger partial charge in [-0.3, -0.25) is 9.69 Å². The van der Waals surface area contributed by atoms with Gasteiger partial charge in [-0.05, 0) is 66.2 Å². The first kappa shape index (κ1) is 21.9. The van der Waals surface area contributed by atoms with Crippen molar-refractivity contribution in [2.24, 2.45) is 4.99 Å². The van der Waals surface area contributed by atoms with Crippen molar-refractivity contribution >= 4 is 52.2 Å². The van der Waals surface area contributed by atoms with Crippen molar-refractivity contribution in [1.29, 1.82) is 0 Å². The van der Waals surface area contributed by atoms with Gasteiger partial charge >= 0.3 is 5.97 Å². The Labute approximate surface area is 194 Å². The number of aryl methyl sites for hydroxylation is 1. The summed E-state index contributed by atoms with van der Waals surface area (Å²) in [5.41, 5.74) is 2.58. The van der Waals surface area contributed by atoms with Crippen LogP contribution in [0.1, 0.15) is 28.6 Å². The fraction of sp³-hybridized carbons (Fsp3) is 0.125. The minimum absolute atomic E-state index is 0.00329. The fourth-order valence-corrected chi connectivity index (χ4v) is 4.29. The summed E-state index contributed by atoms with van der Waals surface area (Å²) < 4.78 is 5.83. The third kappa shape index (κ3) is 4.49. The molecule has 0 atom stereocenters. The van der Waals surface area contributed by atoms with Crippen LogP contribution in [0.3, 0.4) is 0 Å². The summed E-state index contributed by atoms with van der Waals surface area (Å²) in [6, 6.07) is 16.0. The Balaban J connectivity index is 1.58. The van der Waals surface area contributed by atoms with E-state index in [1.54, 1.807) is 31.3 Å². The molecule has 8 heteroatoms. The highest BCUT2D eigenvalue weighted by molar-refractivity contribution is 8.18. The number of halogens is 1. The van der Waals surface area contributed by atoms with Gasteiger partial charge in [0.05, 0.1) is 21.2 Å². The van der Waals surface area contributed by atoms with Gasteiger partial charge in [0.2, 0.25) is 0 Å². The lowest BCUT2D eigenvalue weighted by molar-refractivity contribution is -0.121. The molecule has 6 nitrogen and oxygen atoms in total. The van der Waals surface area contributed by atoms with Crippen LogP contribution in [-0.2, 0) is 11.2 Å². The van der Waals surface area contributed by atoms with E-state index in [-0.39, 0.29) is 16.5 Å². The molecule has 0 unspecified atom stereocenters. The SMILES string of the molecule is CCc1ccc(N=C2S/C(=C/c3ccc(-c4ccc(Cl)c(C(=O)O)c4)o3)C(=O)N2C)cc1. The molecule has 1 aliphatic rings. The lowest BCUT2D eigenvalue weighted by atomic mass is 10.1. The maximum absolute atomic E-state index is 12.7. The van der Waals surface area contributed by atoms with Crippen LogP contribution >= 0.6 is 23.4 Å². The number of rotatable bonds is 5. The molecule has 1 aliphatic heterocycles. The fourth-order valence-electron chi connectivity index (χ4n) is 3.13. The second-order valence-corrected chi connectivity index (χ2v) is 8.51. The van der Waals surface area contributed by atoms with Crippen LogP contribution in [0.4, 0.5) is 5.69 Å². The normalized spacial score (nSPS) is 16.3. The molecule has 0 spiro atoms. The van der Waals surface area contributed by atoms with Crippen LogP contribution in [0, 0.1) is 0 Å². The summed E-state index contributed by atoms with van der Waals surface area (Å²) in [5.74, 6) is -0.330. The van der Waals surface area contributed by atoms with Crippen LogP contribution in [0.2, 0.25) is 5.02 Å². The number of thioether (sulfide) groups is 1. The molecule has 1 saturated heterocycles. The van der Waals surface area contributed by atoms with Crippen LogP contribution < -0.4 is 0 Å². The number of nitrogens with zero attached hydrogens (tertiary/aromatic N) is 2. The molecule has 0 aliphatic carbocycles. The van der Waals surface area contributed by atoms with Gasteiger partial charge in [-0.2, -0.15) is 0 Å². The monoisotopic (exact) mass is 466 g/mol. The quantitative estimate of drug-likeness (QED) is 0.460. The topological polar surface area (TPSA) is 83.1 Å². The maximum Gasteiger partial charge on any atom is 0.337 e. The second-order valence-electron chi connectivity index (χ2n) is 7.09. The van der Waals surface area contributed by atoms with Crippen LogP contribution in [0.25, 0.3) is 17.4 Å². The van der Waals surface area contributed by atoms with E-state index in [2.05, 4.69) is 11.9 Å². The van der Waals surface area contributed by atoms with E-state index in [9.17, 15) is 14.7 Å². The molecule has 32 heavy (non-hydrogen) atoms. The standard InChI is InChI=1S/C24H19ClN2O4S/c1-3-14-4-7-16(8-5-14)26-24-27(2)22(28)21(32-24)13-17-9-11-20(31-17)15-6-10-19(25)18(12-15)23(29)30/h4-13H,3H2,1-2H3,(H,29,30)/b21-13+,26-24?. The van der Waals surface area contributed by atoms with Crippen molar-refractivity contribution in [3.63, 3.8) is 0 Å². The van der Waals surface area contributed by atoms with Gasteiger partial charge in [-0.1, -0.05) is 30.7 Å². The number of amidine groups is 1. The molecule has 4 rings (SSSR count). The Morgan fingerprint density at radius 2 is 1.94 bits per heavy atom. The number of carbonyl (C=O) groups excluding carboxylic acids is 1. The Hall–Kier alpha value is -3.29. The largest absolute Gasteiger partial charge is 0.478 e. The van der Waals surface area contributed by atoms with Gasteiger partial charge in [0.1, 0.15) is 11.5 Å². The van der Waals surface area contributed by atoms with E-state index < -0.39 is 5.97 Å². The third-order valence-electron chi connectivity index (χ3n) is 4.95. The number of amides is 1. The number of likely N-dealkylation sites (N-methyl/N-ethyl adjacent to an activating group) is 1. The summed E-state index contributed by atoms with van der Waals surface area (Å²) in [6.07, 6.45) is 2.61. The summed E-state index contributed by atoms with van der Waals surface area (Å²) in [4.78, 5) is 30.6. The summed E-state index contributed by atoms with van der Waals surface area (Å²) in [7, 11) is 1.68. The maximum atomic E-state index is 12.7. The van der Waals surface area contributed by atoms with E-state index in [0.29, 0.717) is 27.2 Å².